The predicted molar refractivity (Wildman–Crippen MR) is 106 cm³/mol. The van der Waals surface area contributed by atoms with Gasteiger partial charge in [-0.2, -0.15) is 0 Å². The summed E-state index contributed by atoms with van der Waals surface area (Å²) in [5.41, 5.74) is 5.09. The van der Waals surface area contributed by atoms with Crippen LogP contribution in [-0.2, 0) is 17.8 Å². The fourth-order valence-electron chi connectivity index (χ4n) is 3.65. The molecule has 0 spiro atoms. The second-order valence-corrected chi connectivity index (χ2v) is 9.22. The van der Waals surface area contributed by atoms with Crippen molar-refractivity contribution in [2.45, 2.75) is 65.5 Å². The smallest absolute Gasteiger partial charge is 0.152 e. The number of nitrogens with zero attached hydrogens (tertiary/aromatic N) is 2. The van der Waals surface area contributed by atoms with Crippen LogP contribution in [0.15, 0.2) is 18.2 Å². The van der Waals surface area contributed by atoms with Crippen LogP contribution in [0, 0.1) is 11.3 Å². The first-order valence-electron chi connectivity index (χ1n) is 10.3. The molecule has 0 unspecified atom stereocenters. The van der Waals surface area contributed by atoms with Gasteiger partial charge in [0.1, 0.15) is 5.82 Å². The molecule has 2 aromatic rings. The van der Waals surface area contributed by atoms with E-state index in [1.54, 1.807) is 0 Å². The summed E-state index contributed by atoms with van der Waals surface area (Å²) in [6.07, 6.45) is 5.85. The molecule has 0 radical (unpaired) electrons. The quantitative estimate of drug-likeness (QED) is 0.727. The van der Waals surface area contributed by atoms with Crippen molar-refractivity contribution in [2.75, 3.05) is 13.1 Å². The average molecular weight is 373 g/mol. The second kappa shape index (κ2) is 7.78. The molecule has 2 heterocycles. The number of fused-ring (bicyclic) bond motifs is 1. The fourth-order valence-corrected chi connectivity index (χ4v) is 3.65. The van der Waals surface area contributed by atoms with Crippen molar-refractivity contribution in [3.8, 4) is 5.75 Å². The lowest BCUT2D eigenvalue weighted by Crippen LogP contribution is -2.36. The van der Waals surface area contributed by atoms with Gasteiger partial charge in [0.15, 0.2) is 5.75 Å². The molecule has 1 saturated carbocycles. The van der Waals surface area contributed by atoms with Gasteiger partial charge < -0.3 is 14.7 Å². The highest BCUT2D eigenvalue weighted by Crippen LogP contribution is 2.34. The Labute approximate surface area is 161 Å². The maximum absolute atomic E-state index is 5.62. The van der Waals surface area contributed by atoms with Gasteiger partial charge in [-0.05, 0) is 67.9 Å². The van der Waals surface area contributed by atoms with Gasteiger partial charge in [-0.15, -0.1) is 0 Å². The van der Waals surface area contributed by atoms with Gasteiger partial charge >= 0.3 is 0 Å². The minimum absolute atomic E-state index is 0.200. The first kappa shape index (κ1) is 18.7. The van der Waals surface area contributed by atoms with Gasteiger partial charge in [0.25, 0.3) is 0 Å². The van der Waals surface area contributed by atoms with Crippen LogP contribution in [0.25, 0.3) is 11.0 Å². The van der Waals surface area contributed by atoms with Crippen LogP contribution in [0.4, 0.5) is 0 Å². The Morgan fingerprint density at radius 2 is 1.96 bits per heavy atom. The van der Waals surface area contributed by atoms with Crippen molar-refractivity contribution in [3.05, 3.63) is 24.0 Å². The van der Waals surface area contributed by atoms with Crippen LogP contribution in [-0.4, -0.2) is 28.7 Å². The van der Waals surface area contributed by atoms with Gasteiger partial charge in [0.05, 0.1) is 17.1 Å². The molecule has 2 fully saturated rings. The summed E-state index contributed by atoms with van der Waals surface area (Å²) in [6.45, 7) is 9.87. The molecule has 0 amide bonds. The van der Waals surface area contributed by atoms with E-state index in [0.29, 0.717) is 0 Å². The van der Waals surface area contributed by atoms with E-state index in [1.165, 1.54) is 24.2 Å². The Balaban J connectivity index is 1.47. The van der Waals surface area contributed by atoms with Crippen LogP contribution in [0.5, 0.6) is 5.75 Å². The lowest BCUT2D eigenvalue weighted by atomic mass is 9.92. The van der Waals surface area contributed by atoms with Crippen LogP contribution in [0.1, 0.15) is 52.3 Å². The minimum atomic E-state index is 0.200. The maximum atomic E-state index is 5.62. The van der Waals surface area contributed by atoms with Gasteiger partial charge in [-0.3, -0.25) is 4.84 Å². The van der Waals surface area contributed by atoms with Crippen molar-refractivity contribution in [3.63, 3.8) is 0 Å². The molecule has 6 heteroatoms. The number of nitrogens with one attached hydrogen (secondary N) is 2. The van der Waals surface area contributed by atoms with Crippen molar-refractivity contribution >= 4 is 11.0 Å². The third kappa shape index (κ3) is 5.00. The number of imidazole rings is 1. The van der Waals surface area contributed by atoms with Crippen molar-refractivity contribution in [1.29, 1.82) is 0 Å². The molecule has 148 valence electrons. The van der Waals surface area contributed by atoms with Gasteiger partial charge in [-0.1, -0.05) is 20.8 Å². The van der Waals surface area contributed by atoms with Crippen molar-refractivity contribution < 1.29 is 9.68 Å². The van der Waals surface area contributed by atoms with Gasteiger partial charge in [0, 0.05) is 19.0 Å². The number of benzene rings is 1. The largest absolute Gasteiger partial charge is 0.383 e. The first-order valence-corrected chi connectivity index (χ1v) is 10.3. The van der Waals surface area contributed by atoms with Crippen LogP contribution >= 0.6 is 0 Å². The first-order chi connectivity index (χ1) is 13.0. The van der Waals surface area contributed by atoms with Crippen LogP contribution < -0.4 is 15.8 Å². The van der Waals surface area contributed by atoms with E-state index in [9.17, 15) is 0 Å². The summed E-state index contributed by atoms with van der Waals surface area (Å²) in [7, 11) is 0. The SMILES string of the molecule is CC(C)(C)Cc1nc2cc(ONOC3CCNCC3)ccc2n1CC1CC1. The zero-order chi connectivity index (χ0) is 18.9. The van der Waals surface area contributed by atoms with Crippen molar-refractivity contribution in [1.82, 2.24) is 20.5 Å². The Kier molecular flexibility index (Phi) is 5.39. The van der Waals surface area contributed by atoms with Gasteiger partial charge in [-0.25, -0.2) is 4.98 Å². The Hall–Kier alpha value is -1.63. The monoisotopic (exact) mass is 372 g/mol. The Morgan fingerprint density at radius 1 is 1.19 bits per heavy atom. The molecule has 4 rings (SSSR count). The summed E-state index contributed by atoms with van der Waals surface area (Å²) in [5, 5.41) is 3.33. The standard InChI is InChI=1S/C21H32N4O2/c1-21(2,3)13-20-23-18-12-17(27-24-26-16-8-10-22-11-9-16)6-7-19(18)25(20)14-15-4-5-15/h6-7,12,15-16,22,24H,4-5,8-11,13-14H2,1-3H3. The highest BCUT2D eigenvalue weighted by atomic mass is 16.9. The molecule has 1 aromatic carbocycles. The molecule has 6 nitrogen and oxygen atoms in total. The average Bonchev–Trinajstić information content (AvgIpc) is 3.38. The third-order valence-corrected chi connectivity index (χ3v) is 5.29. The zero-order valence-electron chi connectivity index (χ0n) is 16.8. The number of hydrogen-bond donors (Lipinski definition) is 2. The third-order valence-electron chi connectivity index (χ3n) is 5.29. The lowest BCUT2D eigenvalue weighted by Gasteiger charge is -2.22. The molecule has 1 saturated heterocycles. The minimum Gasteiger partial charge on any atom is -0.383 e. The summed E-state index contributed by atoms with van der Waals surface area (Å²) in [6, 6.07) is 6.12. The highest BCUT2D eigenvalue weighted by molar-refractivity contribution is 5.77. The highest BCUT2D eigenvalue weighted by Gasteiger charge is 2.26. The zero-order valence-corrected chi connectivity index (χ0v) is 16.8. The fraction of sp³-hybridized carbons (Fsp3) is 0.667. The van der Waals surface area contributed by atoms with Crippen LogP contribution in [0.3, 0.4) is 0 Å². The molecule has 1 aromatic heterocycles. The lowest BCUT2D eigenvalue weighted by molar-refractivity contribution is -0.151. The van der Waals surface area contributed by atoms with Crippen molar-refractivity contribution in [2.24, 2.45) is 11.3 Å². The van der Waals surface area contributed by atoms with E-state index in [1.807, 2.05) is 12.1 Å². The number of piperidine rings is 1. The molecular formula is C21H32N4O2. The molecule has 0 atom stereocenters. The second-order valence-electron chi connectivity index (χ2n) is 9.22. The molecule has 2 N–H and O–H groups in total. The van der Waals surface area contributed by atoms with Crippen LogP contribution in [0.2, 0.25) is 0 Å². The summed E-state index contributed by atoms with van der Waals surface area (Å²) >= 11 is 0. The normalized spacial score (nSPS) is 18.9. The van der Waals surface area contributed by atoms with E-state index in [2.05, 4.69) is 42.4 Å². The molecule has 27 heavy (non-hydrogen) atoms. The number of rotatable bonds is 7. The molecule has 1 aliphatic carbocycles. The number of hydrogen-bond acceptors (Lipinski definition) is 5. The van der Waals surface area contributed by atoms with E-state index in [0.717, 1.165) is 56.1 Å². The molecule has 1 aliphatic heterocycles. The van der Waals surface area contributed by atoms with Gasteiger partial charge in [0.2, 0.25) is 0 Å². The summed E-state index contributed by atoms with van der Waals surface area (Å²) < 4.78 is 2.42. The maximum Gasteiger partial charge on any atom is 0.152 e. The van der Waals surface area contributed by atoms with E-state index in [4.69, 9.17) is 14.7 Å². The van der Waals surface area contributed by atoms with E-state index in [-0.39, 0.29) is 11.5 Å². The predicted octanol–water partition coefficient (Wildman–Crippen LogP) is 3.60. The summed E-state index contributed by atoms with van der Waals surface area (Å²) in [4.78, 5) is 16.2. The molecular weight excluding hydrogens is 340 g/mol. The Bertz CT molecular complexity index is 770. The topological polar surface area (TPSA) is 60.3 Å². The number of aromatic nitrogens is 2. The molecule has 0 bridgehead atoms. The van der Waals surface area contributed by atoms with E-state index < -0.39 is 0 Å². The summed E-state index contributed by atoms with van der Waals surface area (Å²) in [5.74, 6) is 2.73. The van der Waals surface area contributed by atoms with E-state index >= 15 is 0 Å². The Morgan fingerprint density at radius 3 is 2.67 bits per heavy atom. The molecule has 2 aliphatic rings.